The first kappa shape index (κ1) is 11.3. The fraction of sp³-hybridized carbons (Fsp3) is 0.250. The van der Waals surface area contributed by atoms with Gasteiger partial charge in [-0.05, 0) is 31.2 Å². The Morgan fingerprint density at radius 2 is 1.88 bits per heavy atom. The molecule has 2 N–H and O–H groups in total. The first-order chi connectivity index (χ1) is 8.19. The Labute approximate surface area is 99.8 Å². The molecule has 17 heavy (non-hydrogen) atoms. The van der Waals surface area contributed by atoms with Gasteiger partial charge in [-0.3, -0.25) is 0 Å². The third-order valence-corrected chi connectivity index (χ3v) is 2.41. The van der Waals surface area contributed by atoms with Crippen LogP contribution in [0.3, 0.4) is 0 Å². The second-order valence-electron chi connectivity index (χ2n) is 3.66. The standard InChI is InChI=1S/C12H15N3O2/c1-9-7-12(13)14-15(9)8-17-11-5-3-10(16-2)4-6-11/h3-7H,8H2,1-2H3,(H2,13,14). The SMILES string of the molecule is COc1ccc(OCn2nc(N)cc2C)cc1. The van der Waals surface area contributed by atoms with Crippen LogP contribution in [-0.4, -0.2) is 16.9 Å². The van der Waals surface area contributed by atoms with Crippen molar-refractivity contribution in [3.63, 3.8) is 0 Å². The predicted octanol–water partition coefficient (Wildman–Crippen LogP) is 1.82. The number of hydrogen-bond donors (Lipinski definition) is 1. The van der Waals surface area contributed by atoms with E-state index in [0.29, 0.717) is 12.5 Å². The van der Waals surface area contributed by atoms with Crippen molar-refractivity contribution >= 4 is 5.82 Å². The molecule has 0 aliphatic rings. The molecule has 0 bridgehead atoms. The molecule has 0 aliphatic heterocycles. The third kappa shape index (κ3) is 2.69. The number of aryl methyl sites for hydroxylation is 1. The lowest BCUT2D eigenvalue weighted by Gasteiger charge is -2.08. The van der Waals surface area contributed by atoms with Crippen LogP contribution in [0.25, 0.3) is 0 Å². The third-order valence-electron chi connectivity index (χ3n) is 2.41. The van der Waals surface area contributed by atoms with Crippen molar-refractivity contribution in [1.82, 2.24) is 9.78 Å². The van der Waals surface area contributed by atoms with E-state index in [1.54, 1.807) is 17.9 Å². The summed E-state index contributed by atoms with van der Waals surface area (Å²) >= 11 is 0. The molecule has 0 amide bonds. The van der Waals surface area contributed by atoms with Gasteiger partial charge in [0.2, 0.25) is 0 Å². The van der Waals surface area contributed by atoms with E-state index in [2.05, 4.69) is 5.10 Å². The number of methoxy groups -OCH3 is 1. The second-order valence-corrected chi connectivity index (χ2v) is 3.66. The summed E-state index contributed by atoms with van der Waals surface area (Å²) in [4.78, 5) is 0. The Morgan fingerprint density at radius 3 is 2.41 bits per heavy atom. The highest BCUT2D eigenvalue weighted by Crippen LogP contribution is 2.17. The molecule has 2 aromatic rings. The Bertz CT molecular complexity index is 491. The number of nitrogens with two attached hydrogens (primary N) is 1. The number of rotatable bonds is 4. The highest BCUT2D eigenvalue weighted by molar-refractivity contribution is 5.31. The van der Waals surface area contributed by atoms with Gasteiger partial charge in [-0.2, -0.15) is 5.10 Å². The molecule has 0 saturated heterocycles. The number of ether oxygens (including phenoxy) is 2. The van der Waals surface area contributed by atoms with Crippen LogP contribution in [0.5, 0.6) is 11.5 Å². The maximum absolute atomic E-state index is 5.58. The quantitative estimate of drug-likeness (QED) is 0.875. The molecule has 1 aromatic heterocycles. The molecule has 2 rings (SSSR count). The largest absolute Gasteiger partial charge is 0.497 e. The number of nitrogen functional groups attached to an aromatic ring is 1. The fourth-order valence-electron chi connectivity index (χ4n) is 1.47. The molecule has 5 heteroatoms. The lowest BCUT2D eigenvalue weighted by molar-refractivity contribution is 0.218. The Hall–Kier alpha value is -2.17. The average molecular weight is 233 g/mol. The number of nitrogens with zero attached hydrogens (tertiary/aromatic N) is 2. The summed E-state index contributed by atoms with van der Waals surface area (Å²) in [5.74, 6) is 2.07. The van der Waals surface area contributed by atoms with E-state index >= 15 is 0 Å². The normalized spacial score (nSPS) is 10.2. The molecule has 0 saturated carbocycles. The zero-order valence-electron chi connectivity index (χ0n) is 9.88. The van der Waals surface area contributed by atoms with E-state index in [1.165, 1.54) is 0 Å². The zero-order chi connectivity index (χ0) is 12.3. The van der Waals surface area contributed by atoms with Crippen LogP contribution in [0.15, 0.2) is 30.3 Å². The van der Waals surface area contributed by atoms with E-state index in [1.807, 2.05) is 31.2 Å². The smallest absolute Gasteiger partial charge is 0.181 e. The number of anilines is 1. The molecule has 0 fully saturated rings. The van der Waals surface area contributed by atoms with E-state index < -0.39 is 0 Å². The van der Waals surface area contributed by atoms with E-state index in [9.17, 15) is 0 Å². The van der Waals surface area contributed by atoms with E-state index in [0.717, 1.165) is 17.2 Å². The summed E-state index contributed by atoms with van der Waals surface area (Å²) in [5, 5.41) is 4.10. The Morgan fingerprint density at radius 1 is 1.24 bits per heavy atom. The minimum Gasteiger partial charge on any atom is -0.497 e. The molecular formula is C12H15N3O2. The van der Waals surface area contributed by atoms with Gasteiger partial charge in [0.05, 0.1) is 7.11 Å². The molecule has 1 heterocycles. The van der Waals surface area contributed by atoms with Crippen molar-refractivity contribution in [1.29, 1.82) is 0 Å². The maximum atomic E-state index is 5.58. The number of aromatic nitrogens is 2. The summed E-state index contributed by atoms with van der Waals surface area (Å²) in [6, 6.07) is 9.19. The predicted molar refractivity (Wildman–Crippen MR) is 65.0 cm³/mol. The van der Waals surface area contributed by atoms with Gasteiger partial charge in [-0.1, -0.05) is 0 Å². The Kier molecular flexibility index (Phi) is 3.18. The molecule has 90 valence electrons. The molecule has 0 atom stereocenters. The fourth-order valence-corrected chi connectivity index (χ4v) is 1.47. The topological polar surface area (TPSA) is 62.3 Å². The van der Waals surface area contributed by atoms with Crippen LogP contribution in [-0.2, 0) is 6.73 Å². The number of benzene rings is 1. The zero-order valence-corrected chi connectivity index (χ0v) is 9.88. The molecule has 0 radical (unpaired) electrons. The second kappa shape index (κ2) is 4.78. The minimum atomic E-state index is 0.343. The van der Waals surface area contributed by atoms with Gasteiger partial charge in [0, 0.05) is 11.8 Å². The van der Waals surface area contributed by atoms with Gasteiger partial charge in [-0.15, -0.1) is 0 Å². The van der Waals surface area contributed by atoms with Crippen LogP contribution in [0.2, 0.25) is 0 Å². The highest BCUT2D eigenvalue weighted by Gasteiger charge is 2.01. The molecule has 1 aromatic carbocycles. The van der Waals surface area contributed by atoms with Crippen molar-refractivity contribution < 1.29 is 9.47 Å². The molecule has 5 nitrogen and oxygen atoms in total. The summed E-state index contributed by atoms with van der Waals surface area (Å²) in [7, 11) is 1.63. The summed E-state index contributed by atoms with van der Waals surface area (Å²) in [6.07, 6.45) is 0. The summed E-state index contributed by atoms with van der Waals surface area (Å²) in [6.45, 7) is 2.27. The average Bonchev–Trinajstić information content (AvgIpc) is 2.66. The van der Waals surface area contributed by atoms with Crippen molar-refractivity contribution in [3.8, 4) is 11.5 Å². The van der Waals surface area contributed by atoms with Gasteiger partial charge in [0.25, 0.3) is 0 Å². The molecule has 0 unspecified atom stereocenters. The minimum absolute atomic E-state index is 0.343. The van der Waals surface area contributed by atoms with Gasteiger partial charge in [0.15, 0.2) is 6.73 Å². The van der Waals surface area contributed by atoms with Gasteiger partial charge < -0.3 is 15.2 Å². The van der Waals surface area contributed by atoms with Crippen molar-refractivity contribution in [2.75, 3.05) is 12.8 Å². The maximum Gasteiger partial charge on any atom is 0.181 e. The molecule has 0 spiro atoms. The van der Waals surface area contributed by atoms with Crippen molar-refractivity contribution in [2.24, 2.45) is 0 Å². The first-order valence-electron chi connectivity index (χ1n) is 5.26. The van der Waals surface area contributed by atoms with Crippen LogP contribution in [0.4, 0.5) is 5.82 Å². The summed E-state index contributed by atoms with van der Waals surface area (Å²) in [5.41, 5.74) is 6.55. The first-order valence-corrected chi connectivity index (χ1v) is 5.26. The van der Waals surface area contributed by atoms with E-state index in [-0.39, 0.29) is 0 Å². The Balaban J connectivity index is 1.99. The van der Waals surface area contributed by atoms with Gasteiger partial charge in [-0.25, -0.2) is 4.68 Å². The van der Waals surface area contributed by atoms with Gasteiger partial charge in [0.1, 0.15) is 17.3 Å². The molecular weight excluding hydrogens is 218 g/mol. The van der Waals surface area contributed by atoms with Crippen molar-refractivity contribution in [3.05, 3.63) is 36.0 Å². The lowest BCUT2D eigenvalue weighted by atomic mass is 10.3. The van der Waals surface area contributed by atoms with Crippen LogP contribution < -0.4 is 15.2 Å². The molecule has 0 aliphatic carbocycles. The van der Waals surface area contributed by atoms with Crippen LogP contribution >= 0.6 is 0 Å². The summed E-state index contributed by atoms with van der Waals surface area (Å²) < 4.78 is 12.3. The lowest BCUT2D eigenvalue weighted by Crippen LogP contribution is -2.08. The van der Waals surface area contributed by atoms with Gasteiger partial charge >= 0.3 is 0 Å². The highest BCUT2D eigenvalue weighted by atomic mass is 16.5. The number of hydrogen-bond acceptors (Lipinski definition) is 4. The van der Waals surface area contributed by atoms with Crippen LogP contribution in [0.1, 0.15) is 5.69 Å². The van der Waals surface area contributed by atoms with Crippen molar-refractivity contribution in [2.45, 2.75) is 13.7 Å². The van der Waals surface area contributed by atoms with E-state index in [4.69, 9.17) is 15.2 Å². The monoisotopic (exact) mass is 233 g/mol. The van der Waals surface area contributed by atoms with Crippen LogP contribution in [0, 0.1) is 6.92 Å².